The van der Waals surface area contributed by atoms with Gasteiger partial charge in [0.05, 0.1) is 0 Å². The molecule has 0 heterocycles. The van der Waals surface area contributed by atoms with Gasteiger partial charge in [0, 0.05) is 36.0 Å². The first kappa shape index (κ1) is 19.0. The fourth-order valence-electron chi connectivity index (χ4n) is 3.04. The molecule has 1 saturated carbocycles. The zero-order valence-electron chi connectivity index (χ0n) is 15.0. The molecule has 0 aromatic heterocycles. The van der Waals surface area contributed by atoms with Crippen molar-refractivity contribution in [1.82, 2.24) is 10.2 Å². The molecule has 0 bridgehead atoms. The van der Waals surface area contributed by atoms with Gasteiger partial charge in [0.15, 0.2) is 0 Å². The van der Waals surface area contributed by atoms with Gasteiger partial charge in [0.25, 0.3) is 0 Å². The van der Waals surface area contributed by atoms with Crippen LogP contribution in [-0.4, -0.2) is 43.4 Å². The number of anilines is 2. The Kier molecular flexibility index (Phi) is 7.01. The first-order chi connectivity index (χ1) is 11.9. The second-order valence-corrected chi connectivity index (χ2v) is 6.85. The second kappa shape index (κ2) is 9.22. The maximum absolute atomic E-state index is 12.5. The van der Waals surface area contributed by atoms with Gasteiger partial charge in [-0.3, -0.25) is 9.59 Å². The predicted octanol–water partition coefficient (Wildman–Crippen LogP) is 2.00. The van der Waals surface area contributed by atoms with E-state index in [9.17, 15) is 9.59 Å². The van der Waals surface area contributed by atoms with E-state index in [4.69, 9.17) is 5.73 Å². The highest BCUT2D eigenvalue weighted by Crippen LogP contribution is 2.26. The quantitative estimate of drug-likeness (QED) is 0.544. The number of hydrogen-bond donors (Lipinski definition) is 3. The van der Waals surface area contributed by atoms with Crippen LogP contribution in [0, 0.1) is 5.92 Å². The number of nitrogens with zero attached hydrogens (tertiary/aromatic N) is 1. The third-order valence-electron chi connectivity index (χ3n) is 4.29. The van der Waals surface area contributed by atoms with Crippen LogP contribution < -0.4 is 16.4 Å². The Balaban J connectivity index is 1.84. The van der Waals surface area contributed by atoms with Crippen molar-refractivity contribution in [3.05, 3.63) is 36.4 Å². The minimum absolute atomic E-state index is 0.00676. The van der Waals surface area contributed by atoms with Crippen molar-refractivity contribution in [2.24, 2.45) is 5.92 Å². The summed E-state index contributed by atoms with van der Waals surface area (Å²) < 4.78 is 0. The smallest absolute Gasteiger partial charge is 0.243 e. The van der Waals surface area contributed by atoms with Crippen molar-refractivity contribution in [1.29, 1.82) is 0 Å². The zero-order valence-corrected chi connectivity index (χ0v) is 15.0. The Hall–Kier alpha value is -2.34. The molecule has 1 aromatic carbocycles. The van der Waals surface area contributed by atoms with Crippen LogP contribution >= 0.6 is 0 Å². The van der Waals surface area contributed by atoms with Crippen LogP contribution in [0.1, 0.15) is 25.7 Å². The maximum Gasteiger partial charge on any atom is 0.243 e. The molecular formula is C19H28N4O2. The van der Waals surface area contributed by atoms with Crippen LogP contribution in [0.2, 0.25) is 0 Å². The molecule has 136 valence electrons. The van der Waals surface area contributed by atoms with Gasteiger partial charge < -0.3 is 21.3 Å². The highest BCUT2D eigenvalue weighted by molar-refractivity contribution is 5.93. The van der Waals surface area contributed by atoms with E-state index < -0.39 is 0 Å². The number of nitrogen functional groups attached to an aromatic ring is 1. The van der Waals surface area contributed by atoms with Crippen LogP contribution in [0.15, 0.2) is 36.4 Å². The monoisotopic (exact) mass is 344 g/mol. The molecule has 1 aromatic rings. The van der Waals surface area contributed by atoms with E-state index in [2.05, 4.69) is 10.6 Å². The average Bonchev–Trinajstić information content (AvgIpc) is 2.54. The number of carbonyl (C=O) groups excluding carboxylic acids is 2. The van der Waals surface area contributed by atoms with Gasteiger partial charge >= 0.3 is 0 Å². The van der Waals surface area contributed by atoms with Gasteiger partial charge in [-0.1, -0.05) is 18.6 Å². The van der Waals surface area contributed by atoms with E-state index in [-0.39, 0.29) is 23.8 Å². The summed E-state index contributed by atoms with van der Waals surface area (Å²) >= 11 is 0. The van der Waals surface area contributed by atoms with Gasteiger partial charge in [-0.2, -0.15) is 0 Å². The third kappa shape index (κ3) is 6.58. The molecule has 2 rings (SSSR count). The van der Waals surface area contributed by atoms with E-state index in [1.165, 1.54) is 0 Å². The summed E-state index contributed by atoms with van der Waals surface area (Å²) in [6.45, 7) is 0.726. The molecule has 0 spiro atoms. The lowest BCUT2D eigenvalue weighted by Gasteiger charge is -2.28. The summed E-state index contributed by atoms with van der Waals surface area (Å²) in [7, 11) is 3.90. The summed E-state index contributed by atoms with van der Waals surface area (Å²) in [5.41, 5.74) is 7.07. The number of rotatable bonds is 6. The number of hydrogen-bond acceptors (Lipinski definition) is 4. The molecule has 0 saturated heterocycles. The number of nitrogens with two attached hydrogens (primary N) is 1. The first-order valence-electron chi connectivity index (χ1n) is 8.72. The molecule has 6 nitrogen and oxygen atoms in total. The summed E-state index contributed by atoms with van der Waals surface area (Å²) in [4.78, 5) is 26.4. The number of likely N-dealkylation sites (N-methyl/N-ethyl adjacent to an activating group) is 1. The van der Waals surface area contributed by atoms with Crippen molar-refractivity contribution < 1.29 is 9.59 Å². The largest absolute Gasteiger partial charge is 0.399 e. The van der Waals surface area contributed by atoms with Crippen LogP contribution in [0.5, 0.6) is 0 Å². The lowest BCUT2D eigenvalue weighted by molar-refractivity contribution is -0.122. The Morgan fingerprint density at radius 2 is 2.12 bits per heavy atom. The molecule has 4 N–H and O–H groups in total. The van der Waals surface area contributed by atoms with Crippen molar-refractivity contribution in [3.8, 4) is 0 Å². The van der Waals surface area contributed by atoms with E-state index in [0.29, 0.717) is 17.8 Å². The molecule has 6 heteroatoms. The number of benzene rings is 1. The first-order valence-corrected chi connectivity index (χ1v) is 8.72. The molecule has 0 aliphatic heterocycles. The van der Waals surface area contributed by atoms with Gasteiger partial charge in [0.1, 0.15) is 0 Å². The highest BCUT2D eigenvalue weighted by Gasteiger charge is 2.27. The second-order valence-electron chi connectivity index (χ2n) is 6.85. The van der Waals surface area contributed by atoms with E-state index in [0.717, 1.165) is 25.8 Å². The van der Waals surface area contributed by atoms with Gasteiger partial charge in [-0.15, -0.1) is 0 Å². The third-order valence-corrected chi connectivity index (χ3v) is 4.29. The molecular weight excluding hydrogens is 316 g/mol. The molecule has 1 fully saturated rings. The minimum atomic E-state index is -0.0938. The summed E-state index contributed by atoms with van der Waals surface area (Å²) in [6, 6.07) is 7.21. The van der Waals surface area contributed by atoms with Gasteiger partial charge in [-0.25, -0.2) is 0 Å². The van der Waals surface area contributed by atoms with Crippen molar-refractivity contribution >= 4 is 23.2 Å². The molecule has 2 atom stereocenters. The highest BCUT2D eigenvalue weighted by atomic mass is 16.2. The van der Waals surface area contributed by atoms with Crippen molar-refractivity contribution in [2.75, 3.05) is 31.7 Å². The zero-order chi connectivity index (χ0) is 18.2. The minimum Gasteiger partial charge on any atom is -0.399 e. The van der Waals surface area contributed by atoms with Crippen molar-refractivity contribution in [3.63, 3.8) is 0 Å². The molecule has 2 unspecified atom stereocenters. The normalized spacial score (nSPS) is 20.6. The lowest BCUT2D eigenvalue weighted by Crippen LogP contribution is -2.40. The van der Waals surface area contributed by atoms with Crippen LogP contribution in [0.3, 0.4) is 0 Å². The Morgan fingerprint density at radius 1 is 1.32 bits per heavy atom. The van der Waals surface area contributed by atoms with Crippen LogP contribution in [0.25, 0.3) is 0 Å². The lowest BCUT2D eigenvalue weighted by atomic mass is 9.85. The molecule has 25 heavy (non-hydrogen) atoms. The fraction of sp³-hybridized carbons (Fsp3) is 0.474. The molecule has 1 aliphatic rings. The number of nitrogens with one attached hydrogen (secondary N) is 2. The maximum atomic E-state index is 12.5. The Labute approximate surface area is 149 Å². The van der Waals surface area contributed by atoms with E-state index in [1.54, 1.807) is 18.2 Å². The van der Waals surface area contributed by atoms with Crippen LogP contribution in [0.4, 0.5) is 11.4 Å². The Bertz CT molecular complexity index is 628. The number of amides is 2. The summed E-state index contributed by atoms with van der Waals surface area (Å²) in [6.07, 6.45) is 6.76. The standard InChI is InChI=1S/C19H28N4O2/c1-23(2)11-5-10-18(24)21-16-8-3-6-14(12-16)19(25)22-17-9-4-7-15(20)13-17/h4-5,7,9-10,13-14,16H,3,6,8,11-12,20H2,1-2H3,(H,21,24)(H,22,25)/b10-5+. The van der Waals surface area contributed by atoms with Gasteiger partial charge in [0.2, 0.25) is 11.8 Å². The summed E-state index contributed by atoms with van der Waals surface area (Å²) in [5.74, 6) is -0.192. The molecule has 2 amide bonds. The molecule has 1 aliphatic carbocycles. The van der Waals surface area contributed by atoms with E-state index >= 15 is 0 Å². The fourth-order valence-corrected chi connectivity index (χ4v) is 3.04. The van der Waals surface area contributed by atoms with Crippen LogP contribution in [-0.2, 0) is 9.59 Å². The number of carbonyl (C=O) groups is 2. The predicted molar refractivity (Wildman–Crippen MR) is 101 cm³/mol. The molecule has 0 radical (unpaired) electrons. The average molecular weight is 344 g/mol. The van der Waals surface area contributed by atoms with E-state index in [1.807, 2.05) is 37.2 Å². The van der Waals surface area contributed by atoms with Crippen molar-refractivity contribution in [2.45, 2.75) is 31.7 Å². The topological polar surface area (TPSA) is 87.5 Å². The SMILES string of the molecule is CN(C)C/C=C/C(=O)NC1CCCC(C(=O)Nc2cccc(N)c2)C1. The Morgan fingerprint density at radius 3 is 2.84 bits per heavy atom. The van der Waals surface area contributed by atoms with Gasteiger partial charge in [-0.05, 0) is 51.6 Å². The summed E-state index contributed by atoms with van der Waals surface area (Å²) in [5, 5.41) is 5.93.